The minimum atomic E-state index is -0.796. The highest BCUT2D eigenvalue weighted by Gasteiger charge is 2.38. The first-order valence-corrected chi connectivity index (χ1v) is 7.82. The monoisotopic (exact) mass is 334 g/mol. The summed E-state index contributed by atoms with van der Waals surface area (Å²) in [4.78, 5) is 24.1. The SMILES string of the molecule is C=C1NC(=O)N[C@H](c2cccc(O)c2)[C@H]1C(=O)OCCOCCC. The summed E-state index contributed by atoms with van der Waals surface area (Å²) in [5.41, 5.74) is 0.849. The predicted molar refractivity (Wildman–Crippen MR) is 87.2 cm³/mol. The van der Waals surface area contributed by atoms with Crippen molar-refractivity contribution in [2.75, 3.05) is 19.8 Å². The van der Waals surface area contributed by atoms with Crippen molar-refractivity contribution >= 4 is 12.0 Å². The van der Waals surface area contributed by atoms with E-state index in [4.69, 9.17) is 9.47 Å². The van der Waals surface area contributed by atoms with Crippen molar-refractivity contribution in [3.63, 3.8) is 0 Å². The molecule has 0 aromatic heterocycles. The molecule has 1 aliphatic rings. The van der Waals surface area contributed by atoms with Crippen LogP contribution in [0.3, 0.4) is 0 Å². The lowest BCUT2D eigenvalue weighted by molar-refractivity contribution is -0.150. The second-order valence-electron chi connectivity index (χ2n) is 5.45. The van der Waals surface area contributed by atoms with Gasteiger partial charge in [-0.3, -0.25) is 4.79 Å². The molecule has 0 bridgehead atoms. The van der Waals surface area contributed by atoms with Gasteiger partial charge >= 0.3 is 12.0 Å². The average molecular weight is 334 g/mol. The Bertz CT molecular complexity index is 617. The molecule has 1 aromatic rings. The maximum atomic E-state index is 12.4. The van der Waals surface area contributed by atoms with E-state index in [0.717, 1.165) is 6.42 Å². The number of esters is 1. The number of hydrogen-bond donors (Lipinski definition) is 3. The van der Waals surface area contributed by atoms with Crippen LogP contribution in [0.25, 0.3) is 0 Å². The minimum Gasteiger partial charge on any atom is -0.508 e. The zero-order valence-corrected chi connectivity index (χ0v) is 13.6. The summed E-state index contributed by atoms with van der Waals surface area (Å²) >= 11 is 0. The summed E-state index contributed by atoms with van der Waals surface area (Å²) in [6.07, 6.45) is 0.892. The Morgan fingerprint density at radius 2 is 2.12 bits per heavy atom. The first-order valence-electron chi connectivity index (χ1n) is 7.82. The van der Waals surface area contributed by atoms with Crippen molar-refractivity contribution in [1.82, 2.24) is 10.6 Å². The van der Waals surface area contributed by atoms with Gasteiger partial charge in [-0.2, -0.15) is 0 Å². The first kappa shape index (κ1) is 17.8. The van der Waals surface area contributed by atoms with Gasteiger partial charge in [-0.25, -0.2) is 4.79 Å². The van der Waals surface area contributed by atoms with Crippen LogP contribution in [0.5, 0.6) is 5.75 Å². The molecule has 0 spiro atoms. The fraction of sp³-hybridized carbons (Fsp3) is 0.412. The number of carbonyl (C=O) groups is 2. The molecular weight excluding hydrogens is 312 g/mol. The molecule has 1 heterocycles. The van der Waals surface area contributed by atoms with Crippen LogP contribution in [0, 0.1) is 5.92 Å². The topological polar surface area (TPSA) is 96.9 Å². The zero-order valence-electron chi connectivity index (χ0n) is 13.6. The molecule has 3 N–H and O–H groups in total. The van der Waals surface area contributed by atoms with Gasteiger partial charge in [0.25, 0.3) is 0 Å². The summed E-state index contributed by atoms with van der Waals surface area (Å²) in [5.74, 6) is -1.26. The number of phenols is 1. The lowest BCUT2D eigenvalue weighted by atomic mass is 9.89. The molecule has 24 heavy (non-hydrogen) atoms. The van der Waals surface area contributed by atoms with E-state index in [0.29, 0.717) is 18.8 Å². The van der Waals surface area contributed by atoms with Crippen molar-refractivity contribution in [2.45, 2.75) is 19.4 Å². The third-order valence-corrected chi connectivity index (χ3v) is 3.57. The van der Waals surface area contributed by atoms with Crippen molar-refractivity contribution in [2.24, 2.45) is 5.92 Å². The Balaban J connectivity index is 2.09. The van der Waals surface area contributed by atoms with E-state index in [1.165, 1.54) is 12.1 Å². The number of benzene rings is 1. The highest BCUT2D eigenvalue weighted by molar-refractivity contribution is 5.85. The number of aromatic hydroxyl groups is 1. The summed E-state index contributed by atoms with van der Waals surface area (Å²) in [6.45, 7) is 6.80. The van der Waals surface area contributed by atoms with Gasteiger partial charge in [-0.05, 0) is 24.1 Å². The maximum Gasteiger partial charge on any atom is 0.319 e. The van der Waals surface area contributed by atoms with Gasteiger partial charge in [0.1, 0.15) is 18.3 Å². The molecule has 0 radical (unpaired) electrons. The fourth-order valence-corrected chi connectivity index (χ4v) is 2.50. The van der Waals surface area contributed by atoms with Gasteiger partial charge in [-0.1, -0.05) is 25.6 Å². The Morgan fingerprint density at radius 1 is 1.33 bits per heavy atom. The summed E-state index contributed by atoms with van der Waals surface area (Å²) in [6, 6.07) is 5.25. The number of phenolic OH excluding ortho intramolecular Hbond substituents is 1. The molecule has 1 saturated heterocycles. The molecule has 2 rings (SSSR count). The maximum absolute atomic E-state index is 12.4. The van der Waals surface area contributed by atoms with E-state index in [1.807, 2.05) is 6.92 Å². The molecular formula is C17H22N2O5. The van der Waals surface area contributed by atoms with Gasteiger partial charge in [0.15, 0.2) is 0 Å². The van der Waals surface area contributed by atoms with Crippen molar-refractivity contribution < 1.29 is 24.2 Å². The predicted octanol–water partition coefficient (Wildman–Crippen LogP) is 1.85. The number of urea groups is 1. The zero-order chi connectivity index (χ0) is 17.5. The van der Waals surface area contributed by atoms with Gasteiger partial charge < -0.3 is 25.2 Å². The summed E-state index contributed by atoms with van der Waals surface area (Å²) in [7, 11) is 0. The van der Waals surface area contributed by atoms with Crippen LogP contribution in [-0.4, -0.2) is 36.9 Å². The number of ether oxygens (including phenoxy) is 2. The summed E-state index contributed by atoms with van der Waals surface area (Å²) < 4.78 is 10.5. The van der Waals surface area contributed by atoms with Crippen molar-refractivity contribution in [1.29, 1.82) is 0 Å². The van der Waals surface area contributed by atoms with E-state index < -0.39 is 24.0 Å². The molecule has 7 nitrogen and oxygen atoms in total. The van der Waals surface area contributed by atoms with Gasteiger partial charge in [0, 0.05) is 12.3 Å². The van der Waals surface area contributed by atoms with E-state index >= 15 is 0 Å². The lowest BCUT2D eigenvalue weighted by Gasteiger charge is -2.33. The van der Waals surface area contributed by atoms with E-state index in [-0.39, 0.29) is 18.1 Å². The second-order valence-corrected chi connectivity index (χ2v) is 5.45. The number of carbonyl (C=O) groups excluding carboxylic acids is 2. The molecule has 1 fully saturated rings. The number of hydrogen-bond acceptors (Lipinski definition) is 5. The van der Waals surface area contributed by atoms with Crippen LogP contribution in [0.2, 0.25) is 0 Å². The van der Waals surface area contributed by atoms with E-state index in [1.54, 1.807) is 12.1 Å². The highest BCUT2D eigenvalue weighted by atomic mass is 16.6. The van der Waals surface area contributed by atoms with Gasteiger partial charge in [-0.15, -0.1) is 0 Å². The second kappa shape index (κ2) is 8.35. The minimum absolute atomic E-state index is 0.0472. The first-order chi connectivity index (χ1) is 11.5. The van der Waals surface area contributed by atoms with E-state index in [2.05, 4.69) is 17.2 Å². The van der Waals surface area contributed by atoms with Crippen LogP contribution in [0.4, 0.5) is 4.79 Å². The molecule has 0 saturated carbocycles. The third-order valence-electron chi connectivity index (χ3n) is 3.57. The Labute approximate surface area is 140 Å². The molecule has 0 unspecified atom stereocenters. The number of amides is 2. The smallest absolute Gasteiger partial charge is 0.319 e. The molecule has 7 heteroatoms. The van der Waals surface area contributed by atoms with Crippen LogP contribution in [0.1, 0.15) is 24.9 Å². The highest BCUT2D eigenvalue weighted by Crippen LogP contribution is 2.31. The Morgan fingerprint density at radius 3 is 2.83 bits per heavy atom. The summed E-state index contributed by atoms with van der Waals surface area (Å²) in [5, 5.41) is 14.8. The molecule has 1 aromatic carbocycles. The van der Waals surface area contributed by atoms with E-state index in [9.17, 15) is 14.7 Å². The molecule has 1 aliphatic heterocycles. The largest absolute Gasteiger partial charge is 0.508 e. The van der Waals surface area contributed by atoms with Gasteiger partial charge in [0.05, 0.1) is 12.6 Å². The van der Waals surface area contributed by atoms with Crippen molar-refractivity contribution in [3.05, 3.63) is 42.1 Å². The lowest BCUT2D eigenvalue weighted by Crippen LogP contribution is -2.51. The molecule has 2 atom stereocenters. The van der Waals surface area contributed by atoms with Crippen LogP contribution >= 0.6 is 0 Å². The quantitative estimate of drug-likeness (QED) is 0.522. The molecule has 0 aliphatic carbocycles. The third kappa shape index (κ3) is 4.48. The molecule has 130 valence electrons. The average Bonchev–Trinajstić information content (AvgIpc) is 2.53. The van der Waals surface area contributed by atoms with Crippen molar-refractivity contribution in [3.8, 4) is 5.75 Å². The number of nitrogens with one attached hydrogen (secondary N) is 2. The van der Waals surface area contributed by atoms with Gasteiger partial charge in [0.2, 0.25) is 0 Å². The van der Waals surface area contributed by atoms with Crippen LogP contribution in [0.15, 0.2) is 36.5 Å². The normalized spacial score (nSPS) is 20.2. The standard InChI is InChI=1S/C17H22N2O5/c1-3-7-23-8-9-24-16(21)14-11(2)18-17(22)19-15(14)12-5-4-6-13(20)10-12/h4-6,10,14-15,20H,2-3,7-9H2,1H3,(H2,18,19,22)/t14-,15+/m0/s1. The van der Waals surface area contributed by atoms with Crippen LogP contribution < -0.4 is 10.6 Å². The molecule has 2 amide bonds. The van der Waals surface area contributed by atoms with Crippen LogP contribution in [-0.2, 0) is 14.3 Å². The Kier molecular flexibility index (Phi) is 6.20. The number of rotatable bonds is 7. The Hall–Kier alpha value is -2.54. The fourth-order valence-electron chi connectivity index (χ4n) is 2.50.